The van der Waals surface area contributed by atoms with Gasteiger partial charge in [0.15, 0.2) is 0 Å². The molecule has 2 atom stereocenters. The molecule has 22 heavy (non-hydrogen) atoms. The third kappa shape index (κ3) is 6.13. The second-order valence-corrected chi connectivity index (χ2v) is 5.90. The van der Waals surface area contributed by atoms with Crippen LogP contribution in [-0.4, -0.2) is 43.5 Å². The van der Waals surface area contributed by atoms with Crippen molar-refractivity contribution in [2.75, 3.05) is 20.6 Å². The van der Waals surface area contributed by atoms with Crippen LogP contribution in [0.4, 0.5) is 0 Å². The van der Waals surface area contributed by atoms with Gasteiger partial charge in [-0.3, -0.25) is 4.79 Å². The molecule has 0 saturated carbocycles. The van der Waals surface area contributed by atoms with Crippen LogP contribution in [-0.2, 0) is 6.54 Å². The number of piperidine rings is 1. The van der Waals surface area contributed by atoms with E-state index in [1.165, 1.54) is 0 Å². The van der Waals surface area contributed by atoms with Gasteiger partial charge >= 0.3 is 0 Å². The second kappa shape index (κ2) is 10.1. The monoisotopic (exact) mass is 347 g/mol. The van der Waals surface area contributed by atoms with Crippen molar-refractivity contribution in [2.45, 2.75) is 38.4 Å². The minimum Gasteiger partial charge on any atom is -0.348 e. The van der Waals surface area contributed by atoms with Gasteiger partial charge in [-0.1, -0.05) is 12.1 Å². The van der Waals surface area contributed by atoms with E-state index in [9.17, 15) is 4.79 Å². The van der Waals surface area contributed by atoms with E-state index < -0.39 is 0 Å². The number of benzene rings is 1. The van der Waals surface area contributed by atoms with Crippen molar-refractivity contribution in [1.29, 1.82) is 0 Å². The Kier molecular flexibility index (Phi) is 9.69. The van der Waals surface area contributed by atoms with E-state index in [2.05, 4.69) is 28.5 Å². The average Bonchev–Trinajstić information content (AvgIpc) is 2.41. The highest BCUT2D eigenvalue weighted by Gasteiger charge is 2.22. The fourth-order valence-electron chi connectivity index (χ4n) is 2.67. The summed E-state index contributed by atoms with van der Waals surface area (Å²) in [4.78, 5) is 14.4. The Bertz CT molecular complexity index is 468. The maximum Gasteiger partial charge on any atom is 0.251 e. The summed E-state index contributed by atoms with van der Waals surface area (Å²) in [5.41, 5.74) is 1.92. The molecule has 2 N–H and O–H groups in total. The predicted octanol–water partition coefficient (Wildman–Crippen LogP) is 2.46. The molecular weight excluding hydrogens is 321 g/mol. The third-order valence-electron chi connectivity index (χ3n) is 3.77. The van der Waals surface area contributed by atoms with Crippen LogP contribution in [0.5, 0.6) is 0 Å². The van der Waals surface area contributed by atoms with Crippen LogP contribution in [0, 0.1) is 0 Å². The summed E-state index contributed by atoms with van der Waals surface area (Å²) in [5, 5.41) is 6.56. The SMILES string of the molecule is CC1NCCCC1NC(=O)c1cccc(CN(C)C)c1.Cl.Cl. The van der Waals surface area contributed by atoms with Gasteiger partial charge in [0.25, 0.3) is 5.91 Å². The maximum absolute atomic E-state index is 12.3. The first-order chi connectivity index (χ1) is 9.56. The largest absolute Gasteiger partial charge is 0.348 e. The molecule has 0 aromatic heterocycles. The van der Waals surface area contributed by atoms with Crippen LogP contribution in [0.25, 0.3) is 0 Å². The predicted molar refractivity (Wildman–Crippen MR) is 96.3 cm³/mol. The van der Waals surface area contributed by atoms with E-state index in [0.29, 0.717) is 6.04 Å². The van der Waals surface area contributed by atoms with E-state index in [-0.39, 0.29) is 36.8 Å². The zero-order valence-electron chi connectivity index (χ0n) is 13.5. The van der Waals surface area contributed by atoms with Crippen molar-refractivity contribution >= 4 is 30.7 Å². The molecule has 1 aromatic rings. The molecule has 0 spiro atoms. The molecule has 1 heterocycles. The van der Waals surface area contributed by atoms with Crippen molar-refractivity contribution in [3.05, 3.63) is 35.4 Å². The Morgan fingerprint density at radius 2 is 2.09 bits per heavy atom. The topological polar surface area (TPSA) is 44.4 Å². The van der Waals surface area contributed by atoms with E-state index in [1.807, 2.05) is 32.3 Å². The van der Waals surface area contributed by atoms with E-state index in [0.717, 1.165) is 37.1 Å². The lowest BCUT2D eigenvalue weighted by molar-refractivity contribution is 0.0919. The molecule has 0 radical (unpaired) electrons. The summed E-state index contributed by atoms with van der Waals surface area (Å²) in [6.07, 6.45) is 2.17. The van der Waals surface area contributed by atoms with Gasteiger partial charge in [-0.15, -0.1) is 24.8 Å². The fraction of sp³-hybridized carbons (Fsp3) is 0.562. The molecule has 1 aromatic carbocycles. The lowest BCUT2D eigenvalue weighted by Gasteiger charge is -2.30. The first kappa shape index (κ1) is 21.2. The van der Waals surface area contributed by atoms with Crippen molar-refractivity contribution in [2.24, 2.45) is 0 Å². The Morgan fingerprint density at radius 1 is 1.36 bits per heavy atom. The summed E-state index contributed by atoms with van der Waals surface area (Å²) in [7, 11) is 4.06. The van der Waals surface area contributed by atoms with Crippen LogP contribution < -0.4 is 10.6 Å². The quantitative estimate of drug-likeness (QED) is 0.879. The van der Waals surface area contributed by atoms with Crippen LogP contribution in [0.2, 0.25) is 0 Å². The molecule has 2 rings (SSSR count). The Hall–Kier alpha value is -0.810. The van der Waals surface area contributed by atoms with Gasteiger partial charge in [0.1, 0.15) is 0 Å². The van der Waals surface area contributed by atoms with Gasteiger partial charge in [0.2, 0.25) is 0 Å². The molecule has 1 fully saturated rings. The Balaban J connectivity index is 0.00000220. The second-order valence-electron chi connectivity index (χ2n) is 5.90. The summed E-state index contributed by atoms with van der Waals surface area (Å²) in [6, 6.07) is 8.45. The summed E-state index contributed by atoms with van der Waals surface area (Å²) < 4.78 is 0. The fourth-order valence-corrected chi connectivity index (χ4v) is 2.67. The van der Waals surface area contributed by atoms with E-state index in [1.54, 1.807) is 0 Å². The lowest BCUT2D eigenvalue weighted by atomic mass is 9.99. The molecule has 6 heteroatoms. The third-order valence-corrected chi connectivity index (χ3v) is 3.77. The van der Waals surface area contributed by atoms with Gasteiger partial charge in [0, 0.05) is 24.2 Å². The number of carbonyl (C=O) groups excluding carboxylic acids is 1. The number of halogens is 2. The average molecular weight is 348 g/mol. The van der Waals surface area contributed by atoms with E-state index in [4.69, 9.17) is 0 Å². The molecule has 0 bridgehead atoms. The summed E-state index contributed by atoms with van der Waals surface area (Å²) >= 11 is 0. The zero-order chi connectivity index (χ0) is 14.5. The first-order valence-electron chi connectivity index (χ1n) is 7.34. The summed E-state index contributed by atoms with van der Waals surface area (Å²) in [5.74, 6) is 0.0335. The zero-order valence-corrected chi connectivity index (χ0v) is 15.1. The molecule has 1 amide bonds. The molecular formula is C16H27Cl2N3O. The Morgan fingerprint density at radius 3 is 2.73 bits per heavy atom. The van der Waals surface area contributed by atoms with Gasteiger partial charge in [-0.2, -0.15) is 0 Å². The standard InChI is InChI=1S/C16H25N3O.2ClH/c1-12-15(8-5-9-17-12)18-16(20)14-7-4-6-13(10-14)11-19(2)3;;/h4,6-7,10,12,15,17H,5,8-9,11H2,1-3H3,(H,18,20);2*1H. The van der Waals surface area contributed by atoms with Crippen molar-refractivity contribution in [3.8, 4) is 0 Å². The first-order valence-corrected chi connectivity index (χ1v) is 7.34. The molecule has 4 nitrogen and oxygen atoms in total. The number of nitrogens with zero attached hydrogens (tertiary/aromatic N) is 1. The maximum atomic E-state index is 12.3. The number of hydrogen-bond acceptors (Lipinski definition) is 3. The van der Waals surface area contributed by atoms with E-state index >= 15 is 0 Å². The summed E-state index contributed by atoms with van der Waals surface area (Å²) in [6.45, 7) is 4.03. The molecule has 1 saturated heterocycles. The number of hydrogen-bond donors (Lipinski definition) is 2. The van der Waals surface area contributed by atoms with Crippen LogP contribution in [0.3, 0.4) is 0 Å². The normalized spacial score (nSPS) is 20.7. The van der Waals surface area contributed by atoms with Crippen LogP contribution in [0.1, 0.15) is 35.7 Å². The van der Waals surface area contributed by atoms with Gasteiger partial charge < -0.3 is 15.5 Å². The van der Waals surface area contributed by atoms with Crippen molar-refractivity contribution in [3.63, 3.8) is 0 Å². The van der Waals surface area contributed by atoms with Crippen LogP contribution in [0.15, 0.2) is 24.3 Å². The molecule has 0 aliphatic carbocycles. The smallest absolute Gasteiger partial charge is 0.251 e. The minimum absolute atomic E-state index is 0. The van der Waals surface area contributed by atoms with Crippen molar-refractivity contribution < 1.29 is 4.79 Å². The van der Waals surface area contributed by atoms with Crippen molar-refractivity contribution in [1.82, 2.24) is 15.5 Å². The number of rotatable bonds is 4. The highest BCUT2D eigenvalue weighted by molar-refractivity contribution is 5.94. The molecule has 1 aliphatic rings. The van der Waals surface area contributed by atoms with Gasteiger partial charge in [-0.25, -0.2) is 0 Å². The van der Waals surface area contributed by atoms with Crippen LogP contribution >= 0.6 is 24.8 Å². The molecule has 126 valence electrons. The van der Waals surface area contributed by atoms with Gasteiger partial charge in [0.05, 0.1) is 0 Å². The number of carbonyl (C=O) groups is 1. The highest BCUT2D eigenvalue weighted by atomic mass is 35.5. The number of nitrogens with one attached hydrogen (secondary N) is 2. The Labute approximate surface area is 145 Å². The molecule has 1 aliphatic heterocycles. The minimum atomic E-state index is 0. The number of amides is 1. The van der Waals surface area contributed by atoms with Gasteiger partial charge in [-0.05, 0) is 58.1 Å². The highest BCUT2D eigenvalue weighted by Crippen LogP contribution is 2.11. The molecule has 2 unspecified atom stereocenters. The lowest BCUT2D eigenvalue weighted by Crippen LogP contribution is -2.51.